The van der Waals surface area contributed by atoms with E-state index in [-0.39, 0.29) is 12.1 Å². The van der Waals surface area contributed by atoms with Gasteiger partial charge in [0.2, 0.25) is 0 Å². The van der Waals surface area contributed by atoms with Crippen molar-refractivity contribution in [3.05, 3.63) is 56.7 Å². The number of benzene rings is 1. The monoisotopic (exact) mass is 390 g/mol. The van der Waals surface area contributed by atoms with E-state index in [0.717, 1.165) is 37.6 Å². The van der Waals surface area contributed by atoms with Crippen LogP contribution in [0.2, 0.25) is 5.02 Å². The molecule has 5 heteroatoms. The molecule has 2 aromatic rings. The molecular formula is C21H27ClN2OS. The van der Waals surface area contributed by atoms with Gasteiger partial charge in [-0.05, 0) is 65.9 Å². The molecule has 26 heavy (non-hydrogen) atoms. The lowest BCUT2D eigenvalue weighted by molar-refractivity contribution is -0.00898. The SMILES string of the molecule is CC1(C)CN([C@@H]2C[C@@H](c3ccsc3)c3ccc(Cl)cc32)CCN1CCO. The normalized spacial score (nSPS) is 26.2. The highest BCUT2D eigenvalue weighted by atomic mass is 35.5. The molecule has 0 saturated carbocycles. The number of halogens is 1. The molecule has 0 bridgehead atoms. The number of nitrogens with zero attached hydrogens (tertiary/aromatic N) is 2. The second kappa shape index (κ2) is 7.25. The van der Waals surface area contributed by atoms with Crippen molar-refractivity contribution >= 4 is 22.9 Å². The van der Waals surface area contributed by atoms with Crippen molar-refractivity contribution in [3.63, 3.8) is 0 Å². The van der Waals surface area contributed by atoms with Gasteiger partial charge in [-0.2, -0.15) is 11.3 Å². The van der Waals surface area contributed by atoms with Crippen molar-refractivity contribution < 1.29 is 5.11 Å². The predicted molar refractivity (Wildman–Crippen MR) is 109 cm³/mol. The summed E-state index contributed by atoms with van der Waals surface area (Å²) in [5.74, 6) is 0.470. The van der Waals surface area contributed by atoms with Crippen LogP contribution in [0.25, 0.3) is 0 Å². The first-order valence-electron chi connectivity index (χ1n) is 9.41. The molecule has 0 spiro atoms. The van der Waals surface area contributed by atoms with E-state index in [2.05, 4.69) is 52.6 Å². The standard InChI is InChI=1S/C21H27ClN2OS/c1-21(2)14-23(6-7-24(21)8-9-25)20-12-18(15-5-10-26-13-15)17-4-3-16(22)11-19(17)20/h3-5,10-11,13,18,20,25H,6-9,12,14H2,1-2H3/t18-,20+/m0/s1. The molecule has 0 amide bonds. The fourth-order valence-electron chi connectivity index (χ4n) is 4.79. The number of β-amino-alcohol motifs (C(OH)–C–C–N with tert-alkyl or cyclic N) is 1. The lowest BCUT2D eigenvalue weighted by Gasteiger charge is -2.49. The van der Waals surface area contributed by atoms with Crippen molar-refractivity contribution in [1.29, 1.82) is 0 Å². The van der Waals surface area contributed by atoms with Crippen LogP contribution in [0.1, 0.15) is 48.9 Å². The molecule has 140 valence electrons. The van der Waals surface area contributed by atoms with Crippen LogP contribution in [0.4, 0.5) is 0 Å². The van der Waals surface area contributed by atoms with Gasteiger partial charge in [0.15, 0.2) is 0 Å². The lowest BCUT2D eigenvalue weighted by atomic mass is 9.94. The Morgan fingerprint density at radius 2 is 2.08 bits per heavy atom. The highest BCUT2D eigenvalue weighted by Gasteiger charge is 2.41. The predicted octanol–water partition coefficient (Wildman–Crippen LogP) is 4.37. The maximum Gasteiger partial charge on any atom is 0.0558 e. The maximum atomic E-state index is 9.36. The van der Waals surface area contributed by atoms with Gasteiger partial charge in [-0.1, -0.05) is 17.7 Å². The van der Waals surface area contributed by atoms with Crippen LogP contribution < -0.4 is 0 Å². The first kappa shape index (κ1) is 18.5. The third-order valence-electron chi connectivity index (χ3n) is 6.10. The molecule has 1 aliphatic heterocycles. The Labute approximate surface area is 165 Å². The quantitative estimate of drug-likeness (QED) is 0.839. The summed E-state index contributed by atoms with van der Waals surface area (Å²) in [4.78, 5) is 5.04. The summed E-state index contributed by atoms with van der Waals surface area (Å²) >= 11 is 8.14. The molecule has 4 rings (SSSR count). The van der Waals surface area contributed by atoms with Gasteiger partial charge in [-0.15, -0.1) is 0 Å². The van der Waals surface area contributed by atoms with E-state index in [9.17, 15) is 5.11 Å². The summed E-state index contributed by atoms with van der Waals surface area (Å²) in [6.45, 7) is 8.62. The minimum absolute atomic E-state index is 0.0696. The number of aliphatic hydroxyl groups excluding tert-OH is 1. The molecule has 2 aliphatic rings. The average Bonchev–Trinajstić information content (AvgIpc) is 3.23. The number of aliphatic hydroxyl groups is 1. The first-order chi connectivity index (χ1) is 12.5. The van der Waals surface area contributed by atoms with Crippen molar-refractivity contribution in [2.24, 2.45) is 0 Å². The largest absolute Gasteiger partial charge is 0.395 e. The van der Waals surface area contributed by atoms with Crippen LogP contribution >= 0.6 is 22.9 Å². The molecule has 3 nitrogen and oxygen atoms in total. The molecule has 0 unspecified atom stereocenters. The molecule has 1 aromatic carbocycles. The Bertz CT molecular complexity index is 761. The molecule has 2 heterocycles. The second-order valence-electron chi connectivity index (χ2n) is 8.13. The molecule has 1 aromatic heterocycles. The third kappa shape index (κ3) is 3.34. The molecule has 2 atom stereocenters. The fraction of sp³-hybridized carbons (Fsp3) is 0.524. The molecule has 1 fully saturated rings. The zero-order valence-corrected chi connectivity index (χ0v) is 17.1. The number of piperazine rings is 1. The van der Waals surface area contributed by atoms with E-state index in [1.54, 1.807) is 11.3 Å². The number of rotatable bonds is 4. The minimum atomic E-state index is 0.0696. The van der Waals surface area contributed by atoms with Crippen LogP contribution in [0, 0.1) is 0 Å². The van der Waals surface area contributed by atoms with E-state index in [1.165, 1.54) is 16.7 Å². The summed E-state index contributed by atoms with van der Waals surface area (Å²) in [7, 11) is 0. The molecule has 1 saturated heterocycles. The minimum Gasteiger partial charge on any atom is -0.395 e. The zero-order valence-electron chi connectivity index (χ0n) is 15.5. The summed E-state index contributed by atoms with van der Waals surface area (Å²) in [5, 5.41) is 14.7. The van der Waals surface area contributed by atoms with Gasteiger partial charge in [0, 0.05) is 48.7 Å². The van der Waals surface area contributed by atoms with E-state index in [1.807, 2.05) is 6.07 Å². The smallest absolute Gasteiger partial charge is 0.0558 e. The summed E-state index contributed by atoms with van der Waals surface area (Å²) in [6, 6.07) is 9.13. The Balaban J connectivity index is 1.63. The first-order valence-corrected chi connectivity index (χ1v) is 10.7. The molecule has 0 radical (unpaired) electrons. The van der Waals surface area contributed by atoms with Gasteiger partial charge in [0.1, 0.15) is 0 Å². The van der Waals surface area contributed by atoms with Gasteiger partial charge in [0.25, 0.3) is 0 Å². The molecular weight excluding hydrogens is 364 g/mol. The van der Waals surface area contributed by atoms with Crippen LogP contribution in [-0.2, 0) is 0 Å². The molecule has 1 N–H and O–H groups in total. The van der Waals surface area contributed by atoms with Gasteiger partial charge in [0.05, 0.1) is 6.61 Å². The van der Waals surface area contributed by atoms with Gasteiger partial charge in [-0.3, -0.25) is 9.80 Å². The summed E-state index contributed by atoms with van der Waals surface area (Å²) in [6.07, 6.45) is 1.13. The van der Waals surface area contributed by atoms with Gasteiger partial charge in [-0.25, -0.2) is 0 Å². The van der Waals surface area contributed by atoms with E-state index in [4.69, 9.17) is 11.6 Å². The van der Waals surface area contributed by atoms with Crippen LogP contribution in [-0.4, -0.2) is 53.2 Å². The number of hydrogen-bond acceptors (Lipinski definition) is 4. The summed E-state index contributed by atoms with van der Waals surface area (Å²) in [5.41, 5.74) is 4.34. The van der Waals surface area contributed by atoms with Crippen molar-refractivity contribution in [2.75, 3.05) is 32.8 Å². The van der Waals surface area contributed by atoms with Crippen molar-refractivity contribution in [1.82, 2.24) is 9.80 Å². The topological polar surface area (TPSA) is 26.7 Å². The number of thiophene rings is 1. The second-order valence-corrected chi connectivity index (χ2v) is 9.34. The third-order valence-corrected chi connectivity index (χ3v) is 7.04. The zero-order chi connectivity index (χ0) is 18.3. The van der Waals surface area contributed by atoms with Gasteiger partial charge >= 0.3 is 0 Å². The Morgan fingerprint density at radius 3 is 2.77 bits per heavy atom. The number of fused-ring (bicyclic) bond motifs is 1. The van der Waals surface area contributed by atoms with Crippen molar-refractivity contribution in [3.8, 4) is 0 Å². The van der Waals surface area contributed by atoms with E-state index >= 15 is 0 Å². The van der Waals surface area contributed by atoms with E-state index in [0.29, 0.717) is 12.0 Å². The number of hydrogen-bond donors (Lipinski definition) is 1. The Kier molecular flexibility index (Phi) is 5.15. The van der Waals surface area contributed by atoms with Crippen LogP contribution in [0.5, 0.6) is 0 Å². The highest BCUT2D eigenvalue weighted by molar-refractivity contribution is 7.08. The van der Waals surface area contributed by atoms with Crippen LogP contribution in [0.3, 0.4) is 0 Å². The fourth-order valence-corrected chi connectivity index (χ4v) is 5.69. The lowest BCUT2D eigenvalue weighted by Crippen LogP contribution is -2.60. The summed E-state index contributed by atoms with van der Waals surface area (Å²) < 4.78 is 0. The van der Waals surface area contributed by atoms with Crippen LogP contribution in [0.15, 0.2) is 35.0 Å². The molecule has 1 aliphatic carbocycles. The van der Waals surface area contributed by atoms with Gasteiger partial charge < -0.3 is 5.11 Å². The van der Waals surface area contributed by atoms with Crippen molar-refractivity contribution in [2.45, 2.75) is 37.8 Å². The Morgan fingerprint density at radius 1 is 1.23 bits per heavy atom. The average molecular weight is 391 g/mol. The highest BCUT2D eigenvalue weighted by Crippen LogP contribution is 2.48. The maximum absolute atomic E-state index is 9.36. The Hall–Kier alpha value is -0.910. The van der Waals surface area contributed by atoms with E-state index < -0.39 is 0 Å².